The van der Waals surface area contributed by atoms with E-state index in [2.05, 4.69) is 13.8 Å². The largest absolute Gasteiger partial charge is 0.387 e. The van der Waals surface area contributed by atoms with Crippen molar-refractivity contribution in [3.05, 3.63) is 30.1 Å². The summed E-state index contributed by atoms with van der Waals surface area (Å²) < 4.78 is 18.6. The van der Waals surface area contributed by atoms with E-state index in [0.29, 0.717) is 23.4 Å². The third kappa shape index (κ3) is 4.31. The summed E-state index contributed by atoms with van der Waals surface area (Å²) in [6.45, 7) is 5.70. The Balaban J connectivity index is 1.23. The van der Waals surface area contributed by atoms with Crippen LogP contribution >= 0.6 is 11.8 Å². The Morgan fingerprint density at radius 3 is 2.48 bits per heavy atom. The average Bonchev–Trinajstić information content (AvgIpc) is 3.12. The van der Waals surface area contributed by atoms with E-state index in [0.717, 1.165) is 42.3 Å². The molecule has 1 aromatic rings. The molecule has 4 saturated carbocycles. The average molecular weight is 475 g/mol. The Morgan fingerprint density at radius 2 is 1.73 bits per heavy atom. The Bertz CT molecular complexity index is 829. The highest BCUT2D eigenvalue weighted by atomic mass is 32.2. The molecule has 0 radical (unpaired) electrons. The zero-order valence-electron chi connectivity index (χ0n) is 20.8. The maximum absolute atomic E-state index is 13.2. The van der Waals surface area contributed by atoms with Gasteiger partial charge in [-0.2, -0.15) is 0 Å². The van der Waals surface area contributed by atoms with E-state index < -0.39 is 5.60 Å². The highest BCUT2D eigenvalue weighted by molar-refractivity contribution is 7.99. The van der Waals surface area contributed by atoms with Gasteiger partial charge in [-0.3, -0.25) is 0 Å². The molecule has 0 saturated heterocycles. The maximum atomic E-state index is 13.2. The molecule has 33 heavy (non-hydrogen) atoms. The summed E-state index contributed by atoms with van der Waals surface area (Å²) in [6.07, 6.45) is 12.5. The zero-order chi connectivity index (χ0) is 23.3. The molecule has 8 atom stereocenters. The minimum absolute atomic E-state index is 0.146. The number of aliphatic hydroxyl groups is 1. The Morgan fingerprint density at radius 1 is 0.970 bits per heavy atom. The van der Waals surface area contributed by atoms with Gasteiger partial charge in [-0.05, 0) is 135 Å². The Hall–Kier alpha value is -0.580. The van der Waals surface area contributed by atoms with Crippen LogP contribution in [0.1, 0.15) is 78.1 Å². The summed E-state index contributed by atoms with van der Waals surface area (Å²) in [4.78, 5) is 1.19. The molecule has 4 heteroatoms. The lowest BCUT2D eigenvalue weighted by Gasteiger charge is -2.62. The Kier molecular flexibility index (Phi) is 6.68. The number of thioether (sulfide) groups is 1. The molecular weight excluding hydrogens is 431 g/mol. The van der Waals surface area contributed by atoms with Gasteiger partial charge in [-0.25, -0.2) is 4.39 Å². The minimum atomic E-state index is -0.602. The molecule has 0 aliphatic heterocycles. The summed E-state index contributed by atoms with van der Waals surface area (Å²) in [5.74, 6) is 5.09. The van der Waals surface area contributed by atoms with Crippen LogP contribution in [-0.4, -0.2) is 30.2 Å². The summed E-state index contributed by atoms with van der Waals surface area (Å²) >= 11 is 1.89. The fourth-order valence-corrected chi connectivity index (χ4v) is 10.1. The van der Waals surface area contributed by atoms with E-state index in [4.69, 9.17) is 4.74 Å². The van der Waals surface area contributed by atoms with Crippen LogP contribution in [0.3, 0.4) is 0 Å². The first-order valence-corrected chi connectivity index (χ1v) is 14.4. The molecule has 184 valence electrons. The molecule has 4 fully saturated rings. The van der Waals surface area contributed by atoms with E-state index in [-0.39, 0.29) is 5.82 Å². The van der Waals surface area contributed by atoms with Gasteiger partial charge in [-0.15, -0.1) is 11.8 Å². The summed E-state index contributed by atoms with van der Waals surface area (Å²) in [6, 6.07) is 6.99. The number of hydrogen-bond donors (Lipinski definition) is 1. The molecule has 0 heterocycles. The lowest BCUT2D eigenvalue weighted by molar-refractivity contribution is -0.162. The van der Waals surface area contributed by atoms with Crippen molar-refractivity contribution in [2.24, 2.45) is 40.4 Å². The number of halogens is 1. The van der Waals surface area contributed by atoms with Crippen molar-refractivity contribution in [2.75, 3.05) is 19.5 Å². The van der Waals surface area contributed by atoms with Crippen molar-refractivity contribution >= 4 is 11.8 Å². The van der Waals surface area contributed by atoms with Gasteiger partial charge in [0.1, 0.15) is 5.82 Å². The summed E-state index contributed by atoms with van der Waals surface area (Å²) in [5.41, 5.74) is 0.301. The second-order valence-electron chi connectivity index (χ2n) is 12.4. The molecule has 2 nitrogen and oxygen atoms in total. The Labute approximate surface area is 204 Å². The SMILES string of the molecule is COC[C@@]1(O)CC[C@@]2(C)[C@@H](CC[C@@H]3[C@@H]2CC[C@]2(C)[C@@H](CCSc4ccc(F)cc4)CC[C@@H]32)C1. The second kappa shape index (κ2) is 9.13. The lowest BCUT2D eigenvalue weighted by Crippen LogP contribution is -2.56. The molecule has 0 spiro atoms. The fraction of sp³-hybridized carbons (Fsp3) is 0.793. The first-order valence-electron chi connectivity index (χ1n) is 13.4. The number of benzene rings is 1. The van der Waals surface area contributed by atoms with Gasteiger partial charge >= 0.3 is 0 Å². The van der Waals surface area contributed by atoms with Gasteiger partial charge in [0.15, 0.2) is 0 Å². The van der Waals surface area contributed by atoms with Crippen LogP contribution in [0.4, 0.5) is 4.39 Å². The number of fused-ring (bicyclic) bond motifs is 5. The van der Waals surface area contributed by atoms with Crippen LogP contribution < -0.4 is 0 Å². The number of methoxy groups -OCH3 is 1. The smallest absolute Gasteiger partial charge is 0.123 e. The predicted octanol–water partition coefficient (Wildman–Crippen LogP) is 7.34. The van der Waals surface area contributed by atoms with E-state index in [1.807, 2.05) is 23.9 Å². The van der Waals surface area contributed by atoms with E-state index >= 15 is 0 Å². The van der Waals surface area contributed by atoms with E-state index in [1.54, 1.807) is 19.2 Å². The van der Waals surface area contributed by atoms with Crippen LogP contribution in [0, 0.1) is 46.2 Å². The van der Waals surface area contributed by atoms with Gasteiger partial charge in [-0.1, -0.05) is 13.8 Å². The molecule has 1 N–H and O–H groups in total. The van der Waals surface area contributed by atoms with Crippen LogP contribution in [0.25, 0.3) is 0 Å². The van der Waals surface area contributed by atoms with Crippen LogP contribution in [0.2, 0.25) is 0 Å². The summed E-state index contributed by atoms with van der Waals surface area (Å²) in [7, 11) is 1.72. The lowest BCUT2D eigenvalue weighted by atomic mass is 9.44. The summed E-state index contributed by atoms with van der Waals surface area (Å²) in [5, 5.41) is 11.1. The topological polar surface area (TPSA) is 29.5 Å². The molecule has 4 aliphatic carbocycles. The van der Waals surface area contributed by atoms with Crippen molar-refractivity contribution in [3.63, 3.8) is 0 Å². The van der Waals surface area contributed by atoms with Crippen molar-refractivity contribution < 1.29 is 14.2 Å². The molecule has 0 aromatic heterocycles. The molecule has 0 amide bonds. The van der Waals surface area contributed by atoms with E-state index in [9.17, 15) is 9.50 Å². The van der Waals surface area contributed by atoms with Crippen molar-refractivity contribution in [1.82, 2.24) is 0 Å². The van der Waals surface area contributed by atoms with Crippen LogP contribution in [-0.2, 0) is 4.74 Å². The molecule has 0 unspecified atom stereocenters. The highest BCUT2D eigenvalue weighted by Gasteiger charge is 2.61. The first kappa shape index (κ1) is 24.1. The number of rotatable bonds is 6. The van der Waals surface area contributed by atoms with Crippen molar-refractivity contribution in [1.29, 1.82) is 0 Å². The van der Waals surface area contributed by atoms with Gasteiger partial charge in [0.2, 0.25) is 0 Å². The third-order valence-electron chi connectivity index (χ3n) is 11.0. The van der Waals surface area contributed by atoms with Gasteiger partial charge < -0.3 is 9.84 Å². The molecule has 0 bridgehead atoms. The van der Waals surface area contributed by atoms with Crippen LogP contribution in [0.5, 0.6) is 0 Å². The zero-order valence-corrected chi connectivity index (χ0v) is 21.6. The van der Waals surface area contributed by atoms with Gasteiger partial charge in [0.25, 0.3) is 0 Å². The van der Waals surface area contributed by atoms with Gasteiger partial charge in [0, 0.05) is 12.0 Å². The van der Waals surface area contributed by atoms with Crippen molar-refractivity contribution in [3.8, 4) is 0 Å². The normalized spacial score (nSPS) is 44.7. The van der Waals surface area contributed by atoms with Crippen molar-refractivity contribution in [2.45, 2.75) is 88.6 Å². The third-order valence-corrected chi connectivity index (χ3v) is 12.0. The number of hydrogen-bond acceptors (Lipinski definition) is 3. The molecular formula is C29H43FO2S. The number of ether oxygens (including phenoxy) is 1. The van der Waals surface area contributed by atoms with Crippen LogP contribution in [0.15, 0.2) is 29.2 Å². The molecule has 5 rings (SSSR count). The molecule has 4 aliphatic rings. The fourth-order valence-electron chi connectivity index (χ4n) is 9.16. The quantitative estimate of drug-likeness (QED) is 0.437. The molecule has 1 aromatic carbocycles. The minimum Gasteiger partial charge on any atom is -0.387 e. The standard InChI is InChI=1S/C29H43FO2S/c1-27-14-12-26-24(10-4-21-18-29(31,19-32-3)16-15-28(21,26)2)25(27)11-5-20(27)13-17-33-23-8-6-22(30)7-9-23/h6-9,20-21,24-26,31H,4-5,10-19H2,1-3H3/t20-,21+,24+,25+,26+,27-,28+,29-/m1/s1. The maximum Gasteiger partial charge on any atom is 0.123 e. The highest BCUT2D eigenvalue weighted by Crippen LogP contribution is 2.68. The second-order valence-corrected chi connectivity index (χ2v) is 13.6. The predicted molar refractivity (Wildman–Crippen MR) is 134 cm³/mol. The monoisotopic (exact) mass is 474 g/mol. The first-order chi connectivity index (χ1) is 15.8. The van der Waals surface area contributed by atoms with Gasteiger partial charge in [0.05, 0.1) is 12.2 Å². The van der Waals surface area contributed by atoms with E-state index in [1.165, 1.54) is 56.3 Å².